The highest BCUT2D eigenvalue weighted by molar-refractivity contribution is 7.12. The zero-order chi connectivity index (χ0) is 19.9. The molecule has 2 aromatic rings. The highest BCUT2D eigenvalue weighted by Gasteiger charge is 2.22. The van der Waals surface area contributed by atoms with Gasteiger partial charge in [0.05, 0.1) is 23.1 Å². The summed E-state index contributed by atoms with van der Waals surface area (Å²) in [5.74, 6) is -0.117. The first-order valence-corrected chi connectivity index (χ1v) is 10.2. The smallest absolute Gasteiger partial charge is 0.264 e. The molecular weight excluding hydrogens is 372 g/mol. The minimum absolute atomic E-state index is 0.00682. The largest absolute Gasteiger partial charge is 0.340 e. The van der Waals surface area contributed by atoms with Gasteiger partial charge in [-0.15, -0.1) is 11.3 Å². The van der Waals surface area contributed by atoms with Crippen LogP contribution in [-0.4, -0.2) is 66.3 Å². The average Bonchev–Trinajstić information content (AvgIpc) is 3.14. The lowest BCUT2D eigenvalue weighted by atomic mass is 10.1. The molecule has 1 aromatic heterocycles. The molecule has 6 nitrogen and oxygen atoms in total. The summed E-state index contributed by atoms with van der Waals surface area (Å²) in [5, 5.41) is 10.8. The molecule has 7 heteroatoms. The first kappa shape index (κ1) is 20.1. The van der Waals surface area contributed by atoms with Crippen molar-refractivity contribution in [3.05, 3.63) is 57.8 Å². The van der Waals surface area contributed by atoms with Gasteiger partial charge in [-0.1, -0.05) is 18.2 Å². The quantitative estimate of drug-likeness (QED) is 0.778. The second-order valence-electron chi connectivity index (χ2n) is 6.96. The number of nitriles is 1. The third-order valence-corrected chi connectivity index (χ3v) is 5.74. The SMILES string of the molecule is CN(CC(=O)N1CCCN(Cc2ccc(C#N)cc2)CC1)C(=O)c1cccs1. The van der Waals surface area contributed by atoms with E-state index >= 15 is 0 Å². The molecule has 1 aliphatic rings. The van der Waals surface area contributed by atoms with Crippen LogP contribution in [0.15, 0.2) is 41.8 Å². The van der Waals surface area contributed by atoms with Crippen molar-refractivity contribution >= 4 is 23.2 Å². The minimum atomic E-state index is -0.111. The monoisotopic (exact) mass is 396 g/mol. The van der Waals surface area contributed by atoms with Gasteiger partial charge in [-0.3, -0.25) is 14.5 Å². The highest BCUT2D eigenvalue weighted by atomic mass is 32.1. The van der Waals surface area contributed by atoms with E-state index in [4.69, 9.17) is 5.26 Å². The Morgan fingerprint density at radius 3 is 2.61 bits per heavy atom. The van der Waals surface area contributed by atoms with Gasteiger partial charge in [-0.2, -0.15) is 5.26 Å². The minimum Gasteiger partial charge on any atom is -0.340 e. The van der Waals surface area contributed by atoms with Crippen LogP contribution in [0.2, 0.25) is 0 Å². The van der Waals surface area contributed by atoms with Gasteiger partial charge in [-0.25, -0.2) is 0 Å². The predicted octanol–water partition coefficient (Wildman–Crippen LogP) is 2.43. The van der Waals surface area contributed by atoms with Crippen molar-refractivity contribution in [3.63, 3.8) is 0 Å². The molecule has 3 rings (SSSR count). The van der Waals surface area contributed by atoms with Crippen LogP contribution in [0.3, 0.4) is 0 Å². The zero-order valence-corrected chi connectivity index (χ0v) is 16.8. The summed E-state index contributed by atoms with van der Waals surface area (Å²) in [5.41, 5.74) is 1.83. The second-order valence-corrected chi connectivity index (χ2v) is 7.91. The predicted molar refractivity (Wildman–Crippen MR) is 109 cm³/mol. The van der Waals surface area contributed by atoms with Gasteiger partial charge in [-0.05, 0) is 35.6 Å². The maximum Gasteiger partial charge on any atom is 0.264 e. The molecule has 0 unspecified atom stereocenters. The molecule has 2 heterocycles. The summed E-state index contributed by atoms with van der Waals surface area (Å²) in [4.78, 5) is 31.3. The molecule has 28 heavy (non-hydrogen) atoms. The standard InChI is InChI=1S/C21H24N4O2S/c1-23(21(27)19-4-2-13-28-19)16-20(26)25-10-3-9-24(11-12-25)15-18-7-5-17(14-22)6-8-18/h2,4-8,13H,3,9-12,15-16H2,1H3. The molecule has 1 aliphatic heterocycles. The van der Waals surface area contributed by atoms with E-state index in [-0.39, 0.29) is 18.4 Å². The van der Waals surface area contributed by atoms with Crippen LogP contribution < -0.4 is 0 Å². The van der Waals surface area contributed by atoms with Gasteiger partial charge in [0.15, 0.2) is 0 Å². The summed E-state index contributed by atoms with van der Waals surface area (Å²) < 4.78 is 0. The third kappa shape index (κ3) is 5.18. The van der Waals surface area contributed by atoms with Gasteiger partial charge < -0.3 is 9.80 Å². The van der Waals surface area contributed by atoms with E-state index in [1.165, 1.54) is 21.8 Å². The first-order chi connectivity index (χ1) is 13.6. The van der Waals surface area contributed by atoms with Crippen molar-refractivity contribution in [2.45, 2.75) is 13.0 Å². The van der Waals surface area contributed by atoms with E-state index in [1.54, 1.807) is 13.1 Å². The van der Waals surface area contributed by atoms with E-state index in [9.17, 15) is 9.59 Å². The molecule has 146 valence electrons. The van der Waals surface area contributed by atoms with Crippen molar-refractivity contribution in [2.24, 2.45) is 0 Å². The Hall–Kier alpha value is -2.69. The van der Waals surface area contributed by atoms with Crippen LogP contribution in [0.1, 0.15) is 27.2 Å². The molecule has 0 bridgehead atoms. The Morgan fingerprint density at radius 2 is 1.93 bits per heavy atom. The van der Waals surface area contributed by atoms with Crippen molar-refractivity contribution in [3.8, 4) is 6.07 Å². The van der Waals surface area contributed by atoms with Crippen molar-refractivity contribution < 1.29 is 9.59 Å². The molecule has 0 atom stereocenters. The second kappa shape index (κ2) is 9.49. The number of nitrogens with zero attached hydrogens (tertiary/aromatic N) is 4. The Kier molecular flexibility index (Phi) is 6.80. The fourth-order valence-electron chi connectivity index (χ4n) is 3.28. The van der Waals surface area contributed by atoms with Crippen molar-refractivity contribution in [2.75, 3.05) is 39.8 Å². The van der Waals surface area contributed by atoms with Gasteiger partial charge in [0, 0.05) is 39.8 Å². The van der Waals surface area contributed by atoms with Crippen LogP contribution >= 0.6 is 11.3 Å². The fraction of sp³-hybridized carbons (Fsp3) is 0.381. The molecule has 0 aliphatic carbocycles. The summed E-state index contributed by atoms with van der Waals surface area (Å²) >= 11 is 1.39. The maximum absolute atomic E-state index is 12.7. The topological polar surface area (TPSA) is 67.7 Å². The number of carbonyl (C=O) groups is 2. The lowest BCUT2D eigenvalue weighted by Gasteiger charge is -2.24. The van der Waals surface area contributed by atoms with Crippen LogP contribution in [0.5, 0.6) is 0 Å². The Labute approximate surface area is 169 Å². The lowest BCUT2D eigenvalue weighted by molar-refractivity contribution is -0.131. The van der Waals surface area contributed by atoms with Crippen molar-refractivity contribution in [1.29, 1.82) is 5.26 Å². The summed E-state index contributed by atoms with van der Waals surface area (Å²) in [6, 6.07) is 13.4. The van der Waals surface area contributed by atoms with E-state index in [2.05, 4.69) is 11.0 Å². The lowest BCUT2D eigenvalue weighted by Crippen LogP contribution is -2.42. The van der Waals surface area contributed by atoms with E-state index in [0.717, 1.165) is 26.1 Å². The molecular formula is C21H24N4O2S. The molecule has 0 spiro atoms. The average molecular weight is 397 g/mol. The van der Waals surface area contributed by atoms with Gasteiger partial charge in [0.25, 0.3) is 5.91 Å². The highest BCUT2D eigenvalue weighted by Crippen LogP contribution is 2.13. The molecule has 1 fully saturated rings. The molecule has 2 amide bonds. The summed E-state index contributed by atoms with van der Waals surface area (Å²) in [6.45, 7) is 4.01. The normalized spacial score (nSPS) is 14.9. The number of hydrogen-bond acceptors (Lipinski definition) is 5. The number of amides is 2. The molecule has 1 saturated heterocycles. The van der Waals surface area contributed by atoms with Gasteiger partial charge in [0.2, 0.25) is 5.91 Å². The summed E-state index contributed by atoms with van der Waals surface area (Å²) in [6.07, 6.45) is 0.907. The van der Waals surface area contributed by atoms with E-state index in [1.807, 2.05) is 40.6 Å². The van der Waals surface area contributed by atoms with E-state index < -0.39 is 0 Å². The fourth-order valence-corrected chi connectivity index (χ4v) is 4.00. The van der Waals surface area contributed by atoms with Gasteiger partial charge in [0.1, 0.15) is 0 Å². The molecule has 1 aromatic carbocycles. The summed E-state index contributed by atoms with van der Waals surface area (Å²) in [7, 11) is 1.68. The van der Waals surface area contributed by atoms with Crippen LogP contribution in [0.4, 0.5) is 0 Å². The number of rotatable bonds is 5. The third-order valence-electron chi connectivity index (χ3n) is 4.88. The Morgan fingerprint density at radius 1 is 1.14 bits per heavy atom. The number of thiophene rings is 1. The van der Waals surface area contributed by atoms with Gasteiger partial charge >= 0.3 is 0 Å². The number of carbonyl (C=O) groups excluding carboxylic acids is 2. The molecule has 0 N–H and O–H groups in total. The number of likely N-dealkylation sites (N-methyl/N-ethyl adjacent to an activating group) is 1. The van der Waals surface area contributed by atoms with Crippen LogP contribution in [-0.2, 0) is 11.3 Å². The Bertz CT molecular complexity index is 842. The maximum atomic E-state index is 12.7. The number of benzene rings is 1. The van der Waals surface area contributed by atoms with Crippen LogP contribution in [0.25, 0.3) is 0 Å². The van der Waals surface area contributed by atoms with E-state index in [0.29, 0.717) is 23.5 Å². The Balaban J connectivity index is 1.50. The molecule has 0 radical (unpaired) electrons. The number of hydrogen-bond donors (Lipinski definition) is 0. The first-order valence-electron chi connectivity index (χ1n) is 9.35. The van der Waals surface area contributed by atoms with Crippen molar-refractivity contribution in [1.82, 2.24) is 14.7 Å². The van der Waals surface area contributed by atoms with Crippen LogP contribution in [0, 0.1) is 11.3 Å². The zero-order valence-electron chi connectivity index (χ0n) is 16.0. The molecule has 0 saturated carbocycles.